The summed E-state index contributed by atoms with van der Waals surface area (Å²) in [6.07, 6.45) is 0.810. The van der Waals surface area contributed by atoms with Crippen LogP contribution in [0.1, 0.15) is 24.0 Å². The van der Waals surface area contributed by atoms with Gasteiger partial charge in [0.2, 0.25) is 0 Å². The summed E-state index contributed by atoms with van der Waals surface area (Å²) in [6.45, 7) is 3.09. The second-order valence-electron chi connectivity index (χ2n) is 5.15. The molecular formula is C18H23NO3. The Morgan fingerprint density at radius 1 is 1.09 bits per heavy atom. The normalized spacial score (nSPS) is 12.0. The van der Waals surface area contributed by atoms with Gasteiger partial charge in [-0.15, -0.1) is 0 Å². The average molecular weight is 301 g/mol. The summed E-state index contributed by atoms with van der Waals surface area (Å²) in [5.41, 5.74) is 8.18. The fraction of sp³-hybridized carbons (Fsp3) is 0.333. The Morgan fingerprint density at radius 3 is 2.41 bits per heavy atom. The predicted octanol–water partition coefficient (Wildman–Crippen LogP) is 3.08. The van der Waals surface area contributed by atoms with Gasteiger partial charge in [-0.05, 0) is 55.3 Å². The zero-order chi connectivity index (χ0) is 15.9. The van der Waals surface area contributed by atoms with Crippen molar-refractivity contribution in [3.63, 3.8) is 0 Å². The Bertz CT molecular complexity index is 596. The zero-order valence-corrected chi connectivity index (χ0v) is 13.1. The first-order valence-corrected chi connectivity index (χ1v) is 7.46. The highest BCUT2D eigenvalue weighted by Gasteiger charge is 2.13. The van der Waals surface area contributed by atoms with E-state index < -0.39 is 0 Å². The third-order valence-corrected chi connectivity index (χ3v) is 3.66. The third kappa shape index (κ3) is 3.92. The minimum Gasteiger partial charge on any atom is -0.508 e. The van der Waals surface area contributed by atoms with Crippen molar-refractivity contribution in [1.29, 1.82) is 0 Å². The molecule has 1 unspecified atom stereocenters. The highest BCUT2D eigenvalue weighted by atomic mass is 16.5. The lowest BCUT2D eigenvalue weighted by atomic mass is 9.92. The van der Waals surface area contributed by atoms with Gasteiger partial charge in [-0.25, -0.2) is 0 Å². The van der Waals surface area contributed by atoms with Crippen molar-refractivity contribution in [3.8, 4) is 17.2 Å². The van der Waals surface area contributed by atoms with Gasteiger partial charge in [-0.2, -0.15) is 0 Å². The molecule has 0 spiro atoms. The lowest BCUT2D eigenvalue weighted by Crippen LogP contribution is -2.15. The summed E-state index contributed by atoms with van der Waals surface area (Å²) in [7, 11) is 1.64. The largest absolute Gasteiger partial charge is 0.508 e. The average Bonchev–Trinajstić information content (AvgIpc) is 2.55. The van der Waals surface area contributed by atoms with E-state index >= 15 is 0 Å². The van der Waals surface area contributed by atoms with Gasteiger partial charge in [0.1, 0.15) is 5.75 Å². The van der Waals surface area contributed by atoms with Crippen molar-refractivity contribution in [2.45, 2.75) is 19.3 Å². The van der Waals surface area contributed by atoms with E-state index in [1.54, 1.807) is 19.2 Å². The maximum Gasteiger partial charge on any atom is 0.161 e. The van der Waals surface area contributed by atoms with Crippen molar-refractivity contribution in [2.24, 2.45) is 5.73 Å². The Morgan fingerprint density at radius 2 is 1.82 bits per heavy atom. The van der Waals surface area contributed by atoms with Crippen LogP contribution in [0, 0.1) is 0 Å². The lowest BCUT2D eigenvalue weighted by Gasteiger charge is -2.17. The van der Waals surface area contributed by atoms with Crippen molar-refractivity contribution in [3.05, 3.63) is 53.6 Å². The van der Waals surface area contributed by atoms with Crippen LogP contribution in [0.15, 0.2) is 42.5 Å². The number of benzene rings is 2. The van der Waals surface area contributed by atoms with Crippen molar-refractivity contribution >= 4 is 0 Å². The van der Waals surface area contributed by atoms with Crippen LogP contribution in [0.2, 0.25) is 0 Å². The molecule has 0 saturated carbocycles. The number of ether oxygens (including phenoxy) is 2. The molecule has 0 fully saturated rings. The Labute approximate surface area is 131 Å². The maximum atomic E-state index is 9.39. The molecular weight excluding hydrogens is 278 g/mol. The Kier molecular flexibility index (Phi) is 5.67. The van der Waals surface area contributed by atoms with Crippen LogP contribution in [0.25, 0.3) is 0 Å². The number of hydrogen-bond donors (Lipinski definition) is 2. The molecule has 4 heteroatoms. The van der Waals surface area contributed by atoms with Crippen LogP contribution in [-0.4, -0.2) is 25.4 Å². The molecule has 118 valence electrons. The molecule has 0 heterocycles. The molecule has 0 aliphatic heterocycles. The van der Waals surface area contributed by atoms with Crippen LogP contribution in [0.3, 0.4) is 0 Å². The molecule has 1 atom stereocenters. The molecule has 0 aliphatic rings. The summed E-state index contributed by atoms with van der Waals surface area (Å²) in [4.78, 5) is 0. The smallest absolute Gasteiger partial charge is 0.161 e. The van der Waals surface area contributed by atoms with Gasteiger partial charge >= 0.3 is 0 Å². The molecule has 0 aliphatic carbocycles. The van der Waals surface area contributed by atoms with Gasteiger partial charge in [0.15, 0.2) is 11.5 Å². The SMILES string of the molecule is CCOc1ccc(CC(CN)c2ccc(O)cc2)cc1OC. The van der Waals surface area contributed by atoms with E-state index in [0.717, 1.165) is 29.0 Å². The van der Waals surface area contributed by atoms with E-state index in [4.69, 9.17) is 15.2 Å². The van der Waals surface area contributed by atoms with E-state index in [2.05, 4.69) is 0 Å². The van der Waals surface area contributed by atoms with Gasteiger partial charge < -0.3 is 20.3 Å². The zero-order valence-electron chi connectivity index (χ0n) is 13.1. The number of phenolic OH excluding ortho intramolecular Hbond substituents is 1. The molecule has 0 bridgehead atoms. The number of rotatable bonds is 7. The number of methoxy groups -OCH3 is 1. The summed E-state index contributed by atoms with van der Waals surface area (Å²) < 4.78 is 10.9. The van der Waals surface area contributed by atoms with Crippen LogP contribution >= 0.6 is 0 Å². The van der Waals surface area contributed by atoms with E-state index in [0.29, 0.717) is 13.2 Å². The van der Waals surface area contributed by atoms with Crippen LogP contribution < -0.4 is 15.2 Å². The molecule has 3 N–H and O–H groups in total. The van der Waals surface area contributed by atoms with Gasteiger partial charge in [-0.1, -0.05) is 18.2 Å². The molecule has 0 radical (unpaired) electrons. The van der Waals surface area contributed by atoms with Crippen molar-refractivity contribution in [2.75, 3.05) is 20.3 Å². The quantitative estimate of drug-likeness (QED) is 0.825. The standard InChI is InChI=1S/C18H23NO3/c1-3-22-17-9-4-13(11-18(17)21-2)10-15(12-19)14-5-7-16(20)8-6-14/h4-9,11,15,20H,3,10,12,19H2,1-2H3. The number of aromatic hydroxyl groups is 1. The number of phenols is 1. The first-order chi connectivity index (χ1) is 10.7. The van der Waals surface area contributed by atoms with Crippen LogP contribution in [0.5, 0.6) is 17.2 Å². The maximum absolute atomic E-state index is 9.39. The summed E-state index contributed by atoms with van der Waals surface area (Å²) in [6, 6.07) is 13.2. The highest BCUT2D eigenvalue weighted by Crippen LogP contribution is 2.30. The molecule has 4 nitrogen and oxygen atoms in total. The number of nitrogens with two attached hydrogens (primary N) is 1. The molecule has 22 heavy (non-hydrogen) atoms. The first-order valence-electron chi connectivity index (χ1n) is 7.46. The van der Waals surface area contributed by atoms with E-state index in [1.165, 1.54) is 0 Å². The minimum atomic E-state index is 0.197. The summed E-state index contributed by atoms with van der Waals surface area (Å²) >= 11 is 0. The van der Waals surface area contributed by atoms with Crippen LogP contribution in [-0.2, 0) is 6.42 Å². The summed E-state index contributed by atoms with van der Waals surface area (Å²) in [5.74, 6) is 1.95. The first kappa shape index (κ1) is 16.2. The highest BCUT2D eigenvalue weighted by molar-refractivity contribution is 5.43. The Balaban J connectivity index is 2.18. The summed E-state index contributed by atoms with van der Waals surface area (Å²) in [5, 5.41) is 9.39. The van der Waals surface area contributed by atoms with Gasteiger partial charge in [0, 0.05) is 5.92 Å². The minimum absolute atomic E-state index is 0.197. The third-order valence-electron chi connectivity index (χ3n) is 3.66. The second kappa shape index (κ2) is 7.71. The Hall–Kier alpha value is -2.20. The van der Waals surface area contributed by atoms with Gasteiger partial charge in [0.05, 0.1) is 13.7 Å². The second-order valence-corrected chi connectivity index (χ2v) is 5.15. The van der Waals surface area contributed by atoms with Gasteiger partial charge in [-0.3, -0.25) is 0 Å². The topological polar surface area (TPSA) is 64.7 Å². The van der Waals surface area contributed by atoms with Gasteiger partial charge in [0.25, 0.3) is 0 Å². The molecule has 0 saturated heterocycles. The fourth-order valence-corrected chi connectivity index (χ4v) is 2.48. The molecule has 2 aromatic rings. The predicted molar refractivity (Wildman–Crippen MR) is 87.8 cm³/mol. The molecule has 0 amide bonds. The van der Waals surface area contributed by atoms with Crippen molar-refractivity contribution in [1.82, 2.24) is 0 Å². The fourth-order valence-electron chi connectivity index (χ4n) is 2.48. The van der Waals surface area contributed by atoms with E-state index in [1.807, 2.05) is 37.3 Å². The lowest BCUT2D eigenvalue weighted by molar-refractivity contribution is 0.310. The molecule has 2 rings (SSSR count). The number of hydrogen-bond acceptors (Lipinski definition) is 4. The van der Waals surface area contributed by atoms with E-state index in [-0.39, 0.29) is 11.7 Å². The monoisotopic (exact) mass is 301 g/mol. The molecule has 0 aromatic heterocycles. The molecule has 2 aromatic carbocycles. The van der Waals surface area contributed by atoms with E-state index in [9.17, 15) is 5.11 Å². The van der Waals surface area contributed by atoms with Crippen LogP contribution in [0.4, 0.5) is 0 Å². The van der Waals surface area contributed by atoms with Crippen molar-refractivity contribution < 1.29 is 14.6 Å².